The molecule has 3 rings (SSSR count). The molecule has 200 valence electrons. The molecule has 2 aromatic carbocycles. The molecule has 12 heteroatoms. The summed E-state index contributed by atoms with van der Waals surface area (Å²) in [6, 6.07) is 10.6. The first kappa shape index (κ1) is 27.9. The van der Waals surface area contributed by atoms with E-state index in [1.165, 1.54) is 36.4 Å². The fourth-order valence-corrected chi connectivity index (χ4v) is 4.31. The van der Waals surface area contributed by atoms with Gasteiger partial charge in [-0.05, 0) is 61.6 Å². The van der Waals surface area contributed by atoms with Gasteiger partial charge in [0.15, 0.2) is 6.10 Å². The Morgan fingerprint density at radius 1 is 0.917 bits per heavy atom. The number of benzene rings is 2. The minimum atomic E-state index is -5.72. The van der Waals surface area contributed by atoms with Crippen molar-refractivity contribution in [2.45, 2.75) is 50.1 Å². The van der Waals surface area contributed by atoms with Crippen molar-refractivity contribution in [3.63, 3.8) is 0 Å². The average Bonchev–Trinajstić information content (AvgIpc) is 2.79. The maximum absolute atomic E-state index is 13.9. The molecule has 1 aliphatic rings. The molecule has 0 aliphatic heterocycles. The van der Waals surface area contributed by atoms with E-state index in [1.807, 2.05) is 0 Å². The summed E-state index contributed by atoms with van der Waals surface area (Å²) in [5, 5.41) is 9.66. The number of halogens is 9. The van der Waals surface area contributed by atoms with Crippen LogP contribution in [0.5, 0.6) is 11.5 Å². The van der Waals surface area contributed by atoms with E-state index in [2.05, 4.69) is 0 Å². The van der Waals surface area contributed by atoms with Crippen LogP contribution in [0.15, 0.2) is 48.5 Å². The van der Waals surface area contributed by atoms with Crippen molar-refractivity contribution in [2.24, 2.45) is 11.8 Å². The van der Waals surface area contributed by atoms with Gasteiger partial charge in [-0.25, -0.2) is 4.39 Å². The van der Waals surface area contributed by atoms with Crippen LogP contribution in [-0.2, 0) is 0 Å². The molecule has 0 heterocycles. The van der Waals surface area contributed by atoms with Gasteiger partial charge in [0.1, 0.15) is 17.3 Å². The van der Waals surface area contributed by atoms with E-state index >= 15 is 0 Å². The summed E-state index contributed by atoms with van der Waals surface area (Å²) >= 11 is 0. The fourth-order valence-electron chi connectivity index (χ4n) is 4.31. The van der Waals surface area contributed by atoms with E-state index < -0.39 is 55.0 Å². The molecule has 0 aromatic heterocycles. The van der Waals surface area contributed by atoms with Gasteiger partial charge in [0.05, 0.1) is 6.54 Å². The maximum Gasteiger partial charge on any atom is 0.453 e. The van der Waals surface area contributed by atoms with Crippen LogP contribution in [0.2, 0.25) is 0 Å². The third kappa shape index (κ3) is 6.98. The molecule has 3 atom stereocenters. The van der Waals surface area contributed by atoms with Crippen molar-refractivity contribution in [3.05, 3.63) is 54.3 Å². The van der Waals surface area contributed by atoms with E-state index in [0.717, 1.165) is 17.0 Å². The Bertz CT molecular complexity index is 992. The van der Waals surface area contributed by atoms with Gasteiger partial charge in [0.25, 0.3) is 0 Å². The highest BCUT2D eigenvalue weighted by Gasteiger charge is 2.62. The summed E-state index contributed by atoms with van der Waals surface area (Å²) in [6.45, 7) is -1.24. The highest BCUT2D eigenvalue weighted by Crippen LogP contribution is 2.48. The van der Waals surface area contributed by atoms with Crippen molar-refractivity contribution in [1.29, 1.82) is 0 Å². The van der Waals surface area contributed by atoms with Crippen LogP contribution >= 0.6 is 0 Å². The average molecular weight is 529 g/mol. The van der Waals surface area contributed by atoms with Gasteiger partial charge in [0, 0.05) is 24.2 Å². The van der Waals surface area contributed by atoms with Crippen LogP contribution in [0.25, 0.3) is 0 Å². The minimum absolute atomic E-state index is 0.0599. The molecule has 0 amide bonds. The molecular weight excluding hydrogens is 505 g/mol. The second-order valence-electron chi connectivity index (χ2n) is 8.87. The summed E-state index contributed by atoms with van der Waals surface area (Å²) in [5.74, 6) is -7.77. The third-order valence-electron chi connectivity index (χ3n) is 6.16. The summed E-state index contributed by atoms with van der Waals surface area (Å²) < 4.78 is 124. The molecule has 0 spiro atoms. The fraction of sp³-hybridized carbons (Fsp3) is 0.500. The molecular formula is C24H24F9NO2. The van der Waals surface area contributed by atoms with Crippen LogP contribution in [0.1, 0.15) is 25.7 Å². The molecule has 3 unspecified atom stereocenters. The lowest BCUT2D eigenvalue weighted by atomic mass is 9.77. The number of alkyl halides is 8. The number of hydrogen-bond donors (Lipinski definition) is 1. The molecule has 1 fully saturated rings. The van der Waals surface area contributed by atoms with Gasteiger partial charge in [-0.15, -0.1) is 0 Å². The number of rotatable bonds is 8. The van der Waals surface area contributed by atoms with Crippen molar-refractivity contribution in [3.8, 4) is 11.5 Å². The summed E-state index contributed by atoms with van der Waals surface area (Å²) in [5.41, 5.74) is 0.141. The lowest BCUT2D eigenvalue weighted by molar-refractivity contribution is -0.306. The van der Waals surface area contributed by atoms with E-state index in [-0.39, 0.29) is 43.0 Å². The van der Waals surface area contributed by atoms with Gasteiger partial charge in [-0.1, -0.05) is 12.5 Å². The Labute approximate surface area is 201 Å². The molecule has 0 radical (unpaired) electrons. The van der Waals surface area contributed by atoms with E-state index in [0.29, 0.717) is 0 Å². The summed E-state index contributed by atoms with van der Waals surface area (Å²) in [4.78, 5) is 1.11. The van der Waals surface area contributed by atoms with Gasteiger partial charge >= 0.3 is 18.3 Å². The van der Waals surface area contributed by atoms with E-state index in [1.54, 1.807) is 0 Å². The number of hydrogen-bond acceptors (Lipinski definition) is 3. The smallest absolute Gasteiger partial charge is 0.453 e. The number of aliphatic hydroxyl groups is 1. The van der Waals surface area contributed by atoms with Gasteiger partial charge in [0.2, 0.25) is 0 Å². The molecule has 2 aromatic rings. The van der Waals surface area contributed by atoms with E-state index in [9.17, 15) is 44.6 Å². The number of anilines is 1. The lowest BCUT2D eigenvalue weighted by Crippen LogP contribution is -2.47. The Hall–Kier alpha value is -2.63. The maximum atomic E-state index is 13.9. The Morgan fingerprint density at radius 3 is 2.19 bits per heavy atom. The SMILES string of the molecule is OC(CN(CC1CCCC(C(F)(F)C(F)(F)F)C1)c1cccc(Oc2ccc(F)cc2)c1)C(F)(F)F. The van der Waals surface area contributed by atoms with Crippen molar-refractivity contribution in [1.82, 2.24) is 0 Å². The largest absolute Gasteiger partial charge is 0.457 e. The number of aliphatic hydroxyl groups excluding tert-OH is 1. The molecule has 36 heavy (non-hydrogen) atoms. The Morgan fingerprint density at radius 2 is 1.58 bits per heavy atom. The second kappa shape index (κ2) is 10.8. The van der Waals surface area contributed by atoms with Crippen LogP contribution in [0, 0.1) is 17.7 Å². The van der Waals surface area contributed by atoms with Crippen LogP contribution in [0.4, 0.5) is 45.2 Å². The van der Waals surface area contributed by atoms with Crippen LogP contribution in [-0.4, -0.2) is 42.6 Å². The Kier molecular flexibility index (Phi) is 8.37. The summed E-state index contributed by atoms with van der Waals surface area (Å²) in [7, 11) is 0. The zero-order valence-corrected chi connectivity index (χ0v) is 18.8. The third-order valence-corrected chi connectivity index (χ3v) is 6.16. The van der Waals surface area contributed by atoms with E-state index in [4.69, 9.17) is 4.74 Å². The van der Waals surface area contributed by atoms with Crippen molar-refractivity contribution < 1.29 is 49.4 Å². The second-order valence-corrected chi connectivity index (χ2v) is 8.87. The van der Waals surface area contributed by atoms with Gasteiger partial charge in [-0.2, -0.15) is 35.1 Å². The lowest BCUT2D eigenvalue weighted by Gasteiger charge is -2.38. The molecule has 0 bridgehead atoms. The molecule has 1 saturated carbocycles. The minimum Gasteiger partial charge on any atom is -0.457 e. The number of ether oxygens (including phenoxy) is 1. The standard InChI is InChI=1S/C24H24F9NO2/c25-17-7-9-19(10-8-17)36-20-6-2-5-18(12-20)34(14-21(35)23(28,29)30)13-15-3-1-4-16(11-15)22(26,27)24(31,32)33/h2,5-10,12,15-16,21,35H,1,3-4,11,13-14H2. The molecule has 1 N–H and O–H groups in total. The predicted octanol–water partition coefficient (Wildman–Crippen LogP) is 7.35. The first-order chi connectivity index (χ1) is 16.7. The van der Waals surface area contributed by atoms with Crippen molar-refractivity contribution >= 4 is 5.69 Å². The molecule has 3 nitrogen and oxygen atoms in total. The number of nitrogens with zero attached hydrogens (tertiary/aromatic N) is 1. The normalized spacial score (nSPS) is 20.2. The van der Waals surface area contributed by atoms with Crippen LogP contribution in [0.3, 0.4) is 0 Å². The topological polar surface area (TPSA) is 32.7 Å². The van der Waals surface area contributed by atoms with Crippen molar-refractivity contribution in [2.75, 3.05) is 18.0 Å². The van der Waals surface area contributed by atoms with Gasteiger partial charge < -0.3 is 14.7 Å². The first-order valence-electron chi connectivity index (χ1n) is 11.1. The monoisotopic (exact) mass is 529 g/mol. The zero-order valence-electron chi connectivity index (χ0n) is 18.8. The summed E-state index contributed by atoms with van der Waals surface area (Å²) in [6.07, 6.45) is -14.1. The van der Waals surface area contributed by atoms with Gasteiger partial charge in [-0.3, -0.25) is 0 Å². The highest BCUT2D eigenvalue weighted by atomic mass is 19.4. The predicted molar refractivity (Wildman–Crippen MR) is 114 cm³/mol. The van der Waals surface area contributed by atoms with Crippen LogP contribution < -0.4 is 9.64 Å². The zero-order chi connectivity index (χ0) is 26.7. The molecule has 1 aliphatic carbocycles. The quantitative estimate of drug-likeness (QED) is 0.363. The first-order valence-corrected chi connectivity index (χ1v) is 11.1. The Balaban J connectivity index is 1.82. The molecule has 0 saturated heterocycles. The highest BCUT2D eigenvalue weighted by molar-refractivity contribution is 5.52.